The van der Waals surface area contributed by atoms with Gasteiger partial charge in [-0.25, -0.2) is 0 Å². The predicted octanol–water partition coefficient (Wildman–Crippen LogP) is 3.19. The minimum atomic E-state index is -4.48. The molecule has 0 aromatic carbocycles. The fourth-order valence-electron chi connectivity index (χ4n) is 2.03. The van der Waals surface area contributed by atoms with Gasteiger partial charge in [-0.1, -0.05) is 5.16 Å². The summed E-state index contributed by atoms with van der Waals surface area (Å²) in [6.07, 6.45) is -3.91. The monoisotopic (exact) mass is 323 g/mol. The molecule has 0 radical (unpaired) electrons. The van der Waals surface area contributed by atoms with Crippen LogP contribution in [0.15, 0.2) is 5.16 Å². The third-order valence-corrected chi connectivity index (χ3v) is 3.91. The Balaban J connectivity index is 2.20. The lowest BCUT2D eigenvalue weighted by molar-refractivity contribution is -0.144. The SMILES string of the molecule is COc1nn(C)c(C(F)(F)F)c1CSC1=NOC(C)(C)C1. The Hall–Kier alpha value is -1.38. The molecule has 0 aliphatic carbocycles. The third-order valence-electron chi connectivity index (χ3n) is 2.92. The zero-order chi connectivity index (χ0) is 15.8. The molecule has 1 aromatic rings. The van der Waals surface area contributed by atoms with Crippen LogP contribution in [0.2, 0.25) is 0 Å². The molecule has 0 fully saturated rings. The topological polar surface area (TPSA) is 48.6 Å². The van der Waals surface area contributed by atoms with Gasteiger partial charge in [0.15, 0.2) is 0 Å². The third kappa shape index (κ3) is 3.45. The Morgan fingerprint density at radius 1 is 1.43 bits per heavy atom. The van der Waals surface area contributed by atoms with Crippen molar-refractivity contribution in [3.8, 4) is 5.88 Å². The second-order valence-electron chi connectivity index (χ2n) is 5.26. The van der Waals surface area contributed by atoms with Gasteiger partial charge in [0.2, 0.25) is 5.88 Å². The highest BCUT2D eigenvalue weighted by atomic mass is 32.2. The molecule has 1 aromatic heterocycles. The van der Waals surface area contributed by atoms with Crippen molar-refractivity contribution in [2.45, 2.75) is 37.8 Å². The maximum atomic E-state index is 13.1. The molecule has 118 valence electrons. The van der Waals surface area contributed by atoms with Crippen LogP contribution in [0.25, 0.3) is 0 Å². The van der Waals surface area contributed by atoms with Gasteiger partial charge in [0.05, 0.1) is 12.7 Å². The first-order chi connectivity index (χ1) is 9.64. The van der Waals surface area contributed by atoms with Gasteiger partial charge < -0.3 is 9.57 Å². The lowest BCUT2D eigenvalue weighted by Gasteiger charge is -2.13. The number of ether oxygens (including phenoxy) is 1. The summed E-state index contributed by atoms with van der Waals surface area (Å²) >= 11 is 1.20. The zero-order valence-electron chi connectivity index (χ0n) is 12.1. The molecular formula is C12H16F3N3O2S. The van der Waals surface area contributed by atoms with Crippen LogP contribution in [0, 0.1) is 0 Å². The normalized spacial score (nSPS) is 17.6. The molecule has 0 saturated carbocycles. The first-order valence-corrected chi connectivity index (χ1v) is 7.17. The number of rotatable bonds is 3. The van der Waals surface area contributed by atoms with Crippen molar-refractivity contribution in [2.75, 3.05) is 7.11 Å². The van der Waals surface area contributed by atoms with Crippen molar-refractivity contribution in [3.05, 3.63) is 11.3 Å². The van der Waals surface area contributed by atoms with Crippen molar-refractivity contribution >= 4 is 16.8 Å². The van der Waals surface area contributed by atoms with Gasteiger partial charge in [-0.3, -0.25) is 4.68 Å². The minimum Gasteiger partial charge on any atom is -0.480 e. The van der Waals surface area contributed by atoms with Crippen LogP contribution < -0.4 is 4.74 Å². The summed E-state index contributed by atoms with van der Waals surface area (Å²) in [5.74, 6) is 0.0560. The Bertz CT molecular complexity index is 567. The highest BCUT2D eigenvalue weighted by molar-refractivity contribution is 8.13. The average Bonchev–Trinajstić information content (AvgIpc) is 2.85. The van der Waals surface area contributed by atoms with Crippen molar-refractivity contribution < 1.29 is 22.7 Å². The van der Waals surface area contributed by atoms with E-state index in [0.29, 0.717) is 11.5 Å². The number of methoxy groups -OCH3 is 1. The molecule has 21 heavy (non-hydrogen) atoms. The van der Waals surface area contributed by atoms with Crippen molar-refractivity contribution in [3.63, 3.8) is 0 Å². The molecule has 1 aliphatic heterocycles. The fraction of sp³-hybridized carbons (Fsp3) is 0.667. The predicted molar refractivity (Wildman–Crippen MR) is 73.3 cm³/mol. The Labute approximate surface area is 124 Å². The van der Waals surface area contributed by atoms with Gasteiger partial charge in [0.25, 0.3) is 0 Å². The van der Waals surface area contributed by atoms with Crippen molar-refractivity contribution in [1.82, 2.24) is 9.78 Å². The number of nitrogens with zero attached hydrogens (tertiary/aromatic N) is 3. The van der Waals surface area contributed by atoms with Gasteiger partial charge in [-0.2, -0.15) is 13.2 Å². The van der Waals surface area contributed by atoms with Crippen molar-refractivity contribution in [2.24, 2.45) is 12.2 Å². The molecule has 2 rings (SSSR count). The van der Waals surface area contributed by atoms with E-state index in [2.05, 4.69) is 10.3 Å². The standard InChI is InChI=1S/C12H16F3N3O2S/c1-11(2)5-8(17-20-11)21-6-7-9(12(13,14)15)18(3)16-10(7)19-4/h5-6H2,1-4H3. The molecule has 9 heteroatoms. The number of hydrogen-bond donors (Lipinski definition) is 0. The molecule has 0 spiro atoms. The molecule has 2 heterocycles. The van der Waals surface area contributed by atoms with E-state index in [4.69, 9.17) is 9.57 Å². The number of alkyl halides is 3. The first-order valence-electron chi connectivity index (χ1n) is 6.19. The average molecular weight is 323 g/mol. The van der Waals surface area contributed by atoms with Crippen LogP contribution in [-0.2, 0) is 23.8 Å². The largest absolute Gasteiger partial charge is 0.480 e. The van der Waals surface area contributed by atoms with E-state index in [1.807, 2.05) is 13.8 Å². The number of oxime groups is 1. The highest BCUT2D eigenvalue weighted by Crippen LogP contribution is 2.38. The fourth-order valence-corrected chi connectivity index (χ4v) is 3.14. The van der Waals surface area contributed by atoms with Gasteiger partial charge in [-0.05, 0) is 13.8 Å². The highest BCUT2D eigenvalue weighted by Gasteiger charge is 2.40. The maximum absolute atomic E-state index is 13.1. The van der Waals surface area contributed by atoms with E-state index >= 15 is 0 Å². The quantitative estimate of drug-likeness (QED) is 0.857. The van der Waals surface area contributed by atoms with Crippen molar-refractivity contribution in [1.29, 1.82) is 0 Å². The van der Waals surface area contributed by atoms with E-state index in [1.54, 1.807) is 0 Å². The number of aryl methyl sites for hydroxylation is 1. The number of thioether (sulfide) groups is 1. The van der Waals surface area contributed by atoms with E-state index in [1.165, 1.54) is 25.9 Å². The van der Waals surface area contributed by atoms with Gasteiger partial charge in [0.1, 0.15) is 16.3 Å². The Kier molecular flexibility index (Phi) is 4.14. The van der Waals surface area contributed by atoms with Crippen LogP contribution in [0.1, 0.15) is 31.5 Å². The summed E-state index contributed by atoms with van der Waals surface area (Å²) in [4.78, 5) is 5.19. The van der Waals surface area contributed by atoms with E-state index in [-0.39, 0.29) is 17.2 Å². The van der Waals surface area contributed by atoms with Gasteiger partial charge in [0, 0.05) is 19.2 Å². The maximum Gasteiger partial charge on any atom is 0.433 e. The molecule has 0 unspecified atom stereocenters. The molecular weight excluding hydrogens is 307 g/mol. The van der Waals surface area contributed by atoms with E-state index in [9.17, 15) is 13.2 Å². The lowest BCUT2D eigenvalue weighted by Crippen LogP contribution is -2.18. The smallest absolute Gasteiger partial charge is 0.433 e. The molecule has 0 atom stereocenters. The Morgan fingerprint density at radius 3 is 2.57 bits per heavy atom. The first kappa shape index (κ1) is 16.0. The summed E-state index contributed by atoms with van der Waals surface area (Å²) in [6, 6.07) is 0. The van der Waals surface area contributed by atoms with Gasteiger partial charge in [-0.15, -0.1) is 16.9 Å². The molecule has 0 N–H and O–H groups in total. The van der Waals surface area contributed by atoms with E-state index < -0.39 is 17.5 Å². The summed E-state index contributed by atoms with van der Waals surface area (Å²) in [6.45, 7) is 3.74. The summed E-state index contributed by atoms with van der Waals surface area (Å²) < 4.78 is 45.0. The second kappa shape index (κ2) is 5.43. The molecule has 1 aliphatic rings. The summed E-state index contributed by atoms with van der Waals surface area (Å²) in [5, 5.41) is 8.31. The zero-order valence-corrected chi connectivity index (χ0v) is 12.9. The summed E-state index contributed by atoms with van der Waals surface area (Å²) in [5.41, 5.74) is -1.19. The lowest BCUT2D eigenvalue weighted by atomic mass is 10.1. The van der Waals surface area contributed by atoms with E-state index in [0.717, 1.165) is 4.68 Å². The number of halogens is 3. The number of aromatic nitrogens is 2. The van der Waals surface area contributed by atoms with Crippen LogP contribution >= 0.6 is 11.8 Å². The minimum absolute atomic E-state index is 0.0175. The van der Waals surface area contributed by atoms with Gasteiger partial charge >= 0.3 is 6.18 Å². The summed E-state index contributed by atoms with van der Waals surface area (Å²) in [7, 11) is 2.55. The molecule has 0 amide bonds. The molecule has 0 bridgehead atoms. The molecule has 0 saturated heterocycles. The second-order valence-corrected chi connectivity index (χ2v) is 6.31. The van der Waals surface area contributed by atoms with Crippen LogP contribution in [-0.4, -0.2) is 27.5 Å². The van der Waals surface area contributed by atoms with Crippen LogP contribution in [0.3, 0.4) is 0 Å². The van der Waals surface area contributed by atoms with Crippen LogP contribution in [0.4, 0.5) is 13.2 Å². The Morgan fingerprint density at radius 2 is 2.10 bits per heavy atom. The molecule has 5 nitrogen and oxygen atoms in total. The number of hydrogen-bond acceptors (Lipinski definition) is 5. The van der Waals surface area contributed by atoms with Crippen LogP contribution in [0.5, 0.6) is 5.88 Å².